The Bertz CT molecular complexity index is 858. The van der Waals surface area contributed by atoms with E-state index in [4.69, 9.17) is 0 Å². The van der Waals surface area contributed by atoms with Crippen molar-refractivity contribution in [3.63, 3.8) is 0 Å². The van der Waals surface area contributed by atoms with Crippen LogP contribution in [0.3, 0.4) is 0 Å². The van der Waals surface area contributed by atoms with Crippen molar-refractivity contribution in [2.24, 2.45) is 5.92 Å². The lowest BCUT2D eigenvalue weighted by atomic mass is 9.78. The van der Waals surface area contributed by atoms with Crippen LogP contribution in [0.15, 0.2) is 21.4 Å². The summed E-state index contributed by atoms with van der Waals surface area (Å²) in [6.45, 7) is 3.41. The minimum atomic E-state index is 0.00719. The standard InChI is InChI=1S/C19H25N3O2S2/c1-2-21-18(24)17-14(9-11-25-17)20-19(21)26-12-16(23)22-10-5-7-13-6-3-4-8-15(13)22/h9,11,13,15H,2-8,10,12H2,1H3. The molecule has 0 radical (unpaired) electrons. The van der Waals surface area contributed by atoms with E-state index in [0.717, 1.165) is 24.9 Å². The van der Waals surface area contributed by atoms with Crippen molar-refractivity contribution in [2.75, 3.05) is 12.3 Å². The molecule has 2 atom stereocenters. The van der Waals surface area contributed by atoms with E-state index >= 15 is 0 Å². The van der Waals surface area contributed by atoms with E-state index in [2.05, 4.69) is 9.88 Å². The highest BCUT2D eigenvalue weighted by Gasteiger charge is 2.35. The van der Waals surface area contributed by atoms with Crippen molar-refractivity contribution < 1.29 is 4.79 Å². The highest BCUT2D eigenvalue weighted by Crippen LogP contribution is 2.35. The molecule has 1 amide bonds. The van der Waals surface area contributed by atoms with E-state index in [1.165, 1.54) is 48.8 Å². The quantitative estimate of drug-likeness (QED) is 0.588. The maximum atomic E-state index is 12.9. The van der Waals surface area contributed by atoms with Crippen LogP contribution in [0.5, 0.6) is 0 Å². The molecule has 0 aromatic carbocycles. The summed E-state index contributed by atoms with van der Waals surface area (Å²) in [7, 11) is 0. The lowest BCUT2D eigenvalue weighted by Gasteiger charge is -2.44. The SMILES string of the molecule is CCn1c(SCC(=O)N2CCCC3CCCCC32)nc2ccsc2c1=O. The second kappa shape index (κ2) is 7.72. The average Bonchev–Trinajstić information content (AvgIpc) is 3.14. The van der Waals surface area contributed by atoms with Gasteiger partial charge in [-0.15, -0.1) is 11.3 Å². The van der Waals surface area contributed by atoms with Gasteiger partial charge in [0.05, 0.1) is 11.3 Å². The summed E-state index contributed by atoms with van der Waals surface area (Å²) in [5.74, 6) is 1.26. The summed E-state index contributed by atoms with van der Waals surface area (Å²) < 4.78 is 2.39. The third-order valence-electron chi connectivity index (χ3n) is 5.74. The lowest BCUT2D eigenvalue weighted by Crippen LogP contribution is -2.50. The number of piperidine rings is 1. The summed E-state index contributed by atoms with van der Waals surface area (Å²) in [5, 5.41) is 2.56. The summed E-state index contributed by atoms with van der Waals surface area (Å²) in [4.78, 5) is 32.3. The van der Waals surface area contributed by atoms with Crippen molar-refractivity contribution >= 4 is 39.2 Å². The minimum Gasteiger partial charge on any atom is -0.339 e. The molecule has 2 fully saturated rings. The molecule has 5 nitrogen and oxygen atoms in total. The molecule has 7 heteroatoms. The molecule has 2 aromatic rings. The van der Waals surface area contributed by atoms with Gasteiger partial charge in [-0.3, -0.25) is 14.2 Å². The number of likely N-dealkylation sites (tertiary alicyclic amines) is 1. The fourth-order valence-corrected chi connectivity index (χ4v) is 6.18. The van der Waals surface area contributed by atoms with Gasteiger partial charge in [-0.2, -0.15) is 0 Å². The van der Waals surface area contributed by atoms with Crippen molar-refractivity contribution in [3.8, 4) is 0 Å². The minimum absolute atomic E-state index is 0.00719. The third-order valence-corrected chi connectivity index (χ3v) is 7.59. The average molecular weight is 392 g/mol. The Kier molecular flexibility index (Phi) is 5.36. The number of nitrogens with zero attached hydrogens (tertiary/aromatic N) is 3. The largest absolute Gasteiger partial charge is 0.339 e. The van der Waals surface area contributed by atoms with Crippen LogP contribution in [0.25, 0.3) is 10.2 Å². The third kappa shape index (κ3) is 3.31. The molecule has 4 rings (SSSR count). The number of thiophene rings is 1. The number of hydrogen-bond acceptors (Lipinski definition) is 5. The summed E-state index contributed by atoms with van der Waals surface area (Å²) in [5.41, 5.74) is 0.748. The Morgan fingerprint density at radius 2 is 2.12 bits per heavy atom. The molecule has 0 bridgehead atoms. The first-order valence-electron chi connectivity index (χ1n) is 9.59. The Morgan fingerprint density at radius 1 is 1.31 bits per heavy atom. The van der Waals surface area contributed by atoms with E-state index in [1.807, 2.05) is 18.4 Å². The van der Waals surface area contributed by atoms with Crippen LogP contribution >= 0.6 is 23.1 Å². The zero-order chi connectivity index (χ0) is 18.1. The van der Waals surface area contributed by atoms with Crippen molar-refractivity contribution in [2.45, 2.75) is 63.2 Å². The summed E-state index contributed by atoms with van der Waals surface area (Å²) >= 11 is 2.84. The van der Waals surface area contributed by atoms with E-state index in [-0.39, 0.29) is 11.5 Å². The molecule has 0 spiro atoms. The predicted molar refractivity (Wildman–Crippen MR) is 107 cm³/mol. The van der Waals surface area contributed by atoms with E-state index < -0.39 is 0 Å². The first kappa shape index (κ1) is 18.0. The van der Waals surface area contributed by atoms with Gasteiger partial charge in [0.2, 0.25) is 5.91 Å². The molecule has 1 saturated heterocycles. The molecule has 2 unspecified atom stereocenters. The number of thioether (sulfide) groups is 1. The molecule has 1 aliphatic heterocycles. The maximum absolute atomic E-state index is 12.9. The smallest absolute Gasteiger partial charge is 0.272 e. The Morgan fingerprint density at radius 3 is 2.96 bits per heavy atom. The number of hydrogen-bond donors (Lipinski definition) is 0. The monoisotopic (exact) mass is 391 g/mol. The van der Waals surface area contributed by atoms with E-state index in [1.54, 1.807) is 4.57 Å². The topological polar surface area (TPSA) is 55.2 Å². The number of rotatable bonds is 4. The fraction of sp³-hybridized carbons (Fsp3) is 0.632. The zero-order valence-electron chi connectivity index (χ0n) is 15.1. The maximum Gasteiger partial charge on any atom is 0.272 e. The van der Waals surface area contributed by atoms with Crippen LogP contribution in [-0.4, -0.2) is 38.7 Å². The van der Waals surface area contributed by atoms with Crippen LogP contribution in [0.4, 0.5) is 0 Å². The van der Waals surface area contributed by atoms with Gasteiger partial charge >= 0.3 is 0 Å². The second-order valence-electron chi connectivity index (χ2n) is 7.21. The molecule has 1 aliphatic carbocycles. The first-order valence-corrected chi connectivity index (χ1v) is 11.5. The Balaban J connectivity index is 1.50. The summed E-state index contributed by atoms with van der Waals surface area (Å²) in [6, 6.07) is 2.32. The molecule has 2 aromatic heterocycles. The van der Waals surface area contributed by atoms with Crippen LogP contribution in [-0.2, 0) is 11.3 Å². The van der Waals surface area contributed by atoms with Gasteiger partial charge in [0.1, 0.15) is 4.70 Å². The molecule has 1 saturated carbocycles. The van der Waals surface area contributed by atoms with E-state index in [9.17, 15) is 9.59 Å². The number of fused-ring (bicyclic) bond motifs is 2. The lowest BCUT2D eigenvalue weighted by molar-refractivity contribution is -0.134. The fourth-order valence-electron chi connectivity index (χ4n) is 4.46. The Hall–Kier alpha value is -1.34. The highest BCUT2D eigenvalue weighted by atomic mass is 32.2. The number of carbonyl (C=O) groups is 1. The first-order chi connectivity index (χ1) is 12.7. The molecule has 140 valence electrons. The van der Waals surface area contributed by atoms with Gasteiger partial charge in [-0.1, -0.05) is 24.6 Å². The van der Waals surface area contributed by atoms with Crippen molar-refractivity contribution in [1.82, 2.24) is 14.5 Å². The van der Waals surface area contributed by atoms with E-state index in [0.29, 0.717) is 34.1 Å². The number of amides is 1. The molecule has 26 heavy (non-hydrogen) atoms. The zero-order valence-corrected chi connectivity index (χ0v) is 16.8. The second-order valence-corrected chi connectivity index (χ2v) is 9.07. The summed E-state index contributed by atoms with van der Waals surface area (Å²) in [6.07, 6.45) is 7.37. The molecule has 0 N–H and O–H groups in total. The number of aromatic nitrogens is 2. The number of carbonyl (C=O) groups excluding carboxylic acids is 1. The van der Waals surface area contributed by atoms with Crippen molar-refractivity contribution in [3.05, 3.63) is 21.8 Å². The molecule has 3 heterocycles. The van der Waals surface area contributed by atoms with Crippen LogP contribution in [0, 0.1) is 5.92 Å². The highest BCUT2D eigenvalue weighted by molar-refractivity contribution is 7.99. The Labute approximate surface area is 161 Å². The molecular formula is C19H25N3O2S2. The van der Waals surface area contributed by atoms with Crippen LogP contribution in [0.2, 0.25) is 0 Å². The van der Waals surface area contributed by atoms with Gasteiger partial charge in [0.15, 0.2) is 5.16 Å². The normalized spacial score (nSPS) is 23.2. The van der Waals surface area contributed by atoms with Crippen LogP contribution < -0.4 is 5.56 Å². The molecule has 2 aliphatic rings. The van der Waals surface area contributed by atoms with Crippen molar-refractivity contribution in [1.29, 1.82) is 0 Å². The van der Waals surface area contributed by atoms with Gasteiger partial charge in [-0.05, 0) is 50.0 Å². The van der Waals surface area contributed by atoms with Gasteiger partial charge in [-0.25, -0.2) is 4.98 Å². The van der Waals surface area contributed by atoms with Gasteiger partial charge < -0.3 is 4.90 Å². The van der Waals surface area contributed by atoms with Gasteiger partial charge in [0, 0.05) is 19.1 Å². The predicted octanol–water partition coefficient (Wildman–Crippen LogP) is 3.75. The molecular weight excluding hydrogens is 366 g/mol. The van der Waals surface area contributed by atoms with Crippen LogP contribution in [0.1, 0.15) is 45.4 Å². The van der Waals surface area contributed by atoms with Gasteiger partial charge in [0.25, 0.3) is 5.56 Å².